The predicted molar refractivity (Wildman–Crippen MR) is 96.8 cm³/mol. The lowest BCUT2D eigenvalue weighted by molar-refractivity contribution is -0.143. The smallest absolute Gasteiger partial charge is 0.248 e. The highest BCUT2D eigenvalue weighted by atomic mass is 16.6. The van der Waals surface area contributed by atoms with E-state index in [9.17, 15) is 9.59 Å². The molecule has 0 aromatic carbocycles. The van der Waals surface area contributed by atoms with E-state index in [1.54, 1.807) is 4.90 Å². The minimum atomic E-state index is -0.0578. The molecule has 0 saturated carbocycles. The molecular weight excluding hydrogens is 350 g/mol. The maximum Gasteiger partial charge on any atom is 0.248 e. The zero-order valence-corrected chi connectivity index (χ0v) is 16.1. The summed E-state index contributed by atoms with van der Waals surface area (Å²) in [7, 11) is 0. The topological polar surface area (TPSA) is 92.0 Å². The van der Waals surface area contributed by atoms with E-state index in [1.807, 2.05) is 11.8 Å². The summed E-state index contributed by atoms with van der Waals surface area (Å²) in [5.74, 6) is -0.0660. The number of aromatic nitrogens is 2. The first-order valence-corrected chi connectivity index (χ1v) is 9.77. The van der Waals surface area contributed by atoms with Gasteiger partial charge in [0.25, 0.3) is 0 Å². The Labute approximate surface area is 159 Å². The Hall–Kier alpha value is -2.00. The van der Waals surface area contributed by atoms with Gasteiger partial charge in [-0.05, 0) is 19.8 Å². The Balaban J connectivity index is 1.33. The van der Waals surface area contributed by atoms with E-state index in [0.717, 1.165) is 50.4 Å². The van der Waals surface area contributed by atoms with E-state index in [1.165, 1.54) is 12.8 Å². The Morgan fingerprint density at radius 1 is 0.889 bits per heavy atom. The second-order valence-corrected chi connectivity index (χ2v) is 7.24. The Kier molecular flexibility index (Phi) is 7.17. The molecule has 0 atom stereocenters. The van der Waals surface area contributed by atoms with Crippen LogP contribution in [0.3, 0.4) is 0 Å². The molecule has 1 aromatic rings. The summed E-state index contributed by atoms with van der Waals surface area (Å²) in [6.45, 7) is 6.94. The highest BCUT2D eigenvalue weighted by Crippen LogP contribution is 2.11. The normalized spacial score (nSPS) is 19.1. The van der Waals surface area contributed by atoms with Crippen molar-refractivity contribution in [1.29, 1.82) is 0 Å². The number of hydrogen-bond acceptors (Lipinski definition) is 7. The second kappa shape index (κ2) is 9.80. The van der Waals surface area contributed by atoms with E-state index in [2.05, 4.69) is 15.2 Å². The number of piperazine rings is 1. The van der Waals surface area contributed by atoms with Gasteiger partial charge in [-0.25, -0.2) is 4.63 Å². The maximum absolute atomic E-state index is 12.3. The molecule has 2 aliphatic heterocycles. The van der Waals surface area contributed by atoms with Crippen LogP contribution in [0.1, 0.15) is 37.1 Å². The number of amides is 2. The molecule has 0 N–H and O–H groups in total. The van der Waals surface area contributed by atoms with Gasteiger partial charge in [0.15, 0.2) is 0 Å². The summed E-state index contributed by atoms with van der Waals surface area (Å²) in [6.07, 6.45) is 4.47. The fraction of sp³-hybridized carbons (Fsp3) is 0.778. The maximum atomic E-state index is 12.3. The quantitative estimate of drug-likeness (QED) is 0.708. The first-order valence-electron chi connectivity index (χ1n) is 9.77. The third-order valence-electron chi connectivity index (χ3n) is 5.25. The Morgan fingerprint density at radius 2 is 1.48 bits per heavy atom. The number of ether oxygens (including phenoxy) is 1. The van der Waals surface area contributed by atoms with Crippen LogP contribution in [-0.2, 0) is 20.9 Å². The molecule has 9 heteroatoms. The molecule has 27 heavy (non-hydrogen) atoms. The van der Waals surface area contributed by atoms with Crippen LogP contribution < -0.4 is 0 Å². The minimum Gasteiger partial charge on any atom is -0.362 e. The van der Waals surface area contributed by atoms with Crippen LogP contribution in [0.5, 0.6) is 0 Å². The Morgan fingerprint density at radius 3 is 2.04 bits per heavy atom. The van der Waals surface area contributed by atoms with Gasteiger partial charge < -0.3 is 14.5 Å². The summed E-state index contributed by atoms with van der Waals surface area (Å²) < 4.78 is 10.1. The monoisotopic (exact) mass is 379 g/mol. The number of carbonyl (C=O) groups excluding carboxylic acids is 2. The molecule has 0 radical (unpaired) electrons. The second-order valence-electron chi connectivity index (χ2n) is 7.24. The van der Waals surface area contributed by atoms with E-state index in [4.69, 9.17) is 9.37 Å². The summed E-state index contributed by atoms with van der Waals surface area (Å²) in [5.41, 5.74) is 1.64. The standard InChI is InChI=1S/C18H29N5O4/c1-15-16(20-27-19-15)12-21-8-10-23(11-9-21)18(25)14-26-13-17(24)22-6-4-2-3-5-7-22/h2-14H2,1H3. The van der Waals surface area contributed by atoms with Crippen LogP contribution in [0.25, 0.3) is 0 Å². The van der Waals surface area contributed by atoms with Gasteiger partial charge in [-0.2, -0.15) is 0 Å². The van der Waals surface area contributed by atoms with Gasteiger partial charge >= 0.3 is 0 Å². The first-order chi connectivity index (χ1) is 13.1. The third kappa shape index (κ3) is 5.74. The number of likely N-dealkylation sites (tertiary alicyclic amines) is 1. The number of aryl methyl sites for hydroxylation is 1. The van der Waals surface area contributed by atoms with Crippen LogP contribution in [0.4, 0.5) is 0 Å². The number of nitrogens with zero attached hydrogens (tertiary/aromatic N) is 5. The van der Waals surface area contributed by atoms with Crippen molar-refractivity contribution in [2.24, 2.45) is 0 Å². The third-order valence-corrected chi connectivity index (χ3v) is 5.25. The SMILES string of the molecule is Cc1nonc1CN1CCN(C(=O)COCC(=O)N2CCCCCC2)CC1. The highest BCUT2D eigenvalue weighted by molar-refractivity contribution is 5.79. The summed E-state index contributed by atoms with van der Waals surface area (Å²) in [4.78, 5) is 30.4. The van der Waals surface area contributed by atoms with E-state index in [0.29, 0.717) is 19.6 Å². The van der Waals surface area contributed by atoms with Gasteiger partial charge in [0.05, 0.1) is 0 Å². The molecule has 0 spiro atoms. The molecule has 150 valence electrons. The summed E-state index contributed by atoms with van der Waals surface area (Å²) in [5, 5.41) is 7.69. The van der Waals surface area contributed by atoms with Crippen molar-refractivity contribution in [3.63, 3.8) is 0 Å². The van der Waals surface area contributed by atoms with Gasteiger partial charge in [0.2, 0.25) is 11.8 Å². The van der Waals surface area contributed by atoms with Crippen molar-refractivity contribution in [2.45, 2.75) is 39.2 Å². The van der Waals surface area contributed by atoms with Gasteiger partial charge in [-0.15, -0.1) is 0 Å². The van der Waals surface area contributed by atoms with Crippen molar-refractivity contribution in [3.05, 3.63) is 11.4 Å². The van der Waals surface area contributed by atoms with Crippen LogP contribution in [0, 0.1) is 6.92 Å². The zero-order valence-electron chi connectivity index (χ0n) is 16.1. The van der Waals surface area contributed by atoms with Gasteiger partial charge in [-0.3, -0.25) is 14.5 Å². The van der Waals surface area contributed by atoms with Crippen LogP contribution in [0.15, 0.2) is 4.63 Å². The molecule has 0 bridgehead atoms. The minimum absolute atomic E-state index is 0.00823. The molecule has 2 amide bonds. The molecule has 1 aromatic heterocycles. The predicted octanol–water partition coefficient (Wildman–Crippen LogP) is 0.441. The van der Waals surface area contributed by atoms with E-state index >= 15 is 0 Å². The fourth-order valence-electron chi connectivity index (χ4n) is 3.49. The summed E-state index contributed by atoms with van der Waals surface area (Å²) in [6, 6.07) is 0. The van der Waals surface area contributed by atoms with Crippen molar-refractivity contribution in [3.8, 4) is 0 Å². The lowest BCUT2D eigenvalue weighted by atomic mass is 10.2. The Bertz CT molecular complexity index is 619. The van der Waals surface area contributed by atoms with Gasteiger partial charge in [0, 0.05) is 45.8 Å². The largest absolute Gasteiger partial charge is 0.362 e. The molecule has 2 fully saturated rings. The van der Waals surface area contributed by atoms with Gasteiger partial charge in [0.1, 0.15) is 24.6 Å². The molecular formula is C18H29N5O4. The van der Waals surface area contributed by atoms with Crippen LogP contribution in [0.2, 0.25) is 0 Å². The number of rotatable bonds is 6. The van der Waals surface area contributed by atoms with Crippen molar-refractivity contribution >= 4 is 11.8 Å². The highest BCUT2D eigenvalue weighted by Gasteiger charge is 2.23. The molecule has 2 aliphatic rings. The van der Waals surface area contributed by atoms with Crippen molar-refractivity contribution in [2.75, 3.05) is 52.5 Å². The lowest BCUT2D eigenvalue weighted by Crippen LogP contribution is -2.49. The first kappa shape index (κ1) is 19.8. The molecule has 9 nitrogen and oxygen atoms in total. The molecule has 3 rings (SSSR count). The van der Waals surface area contributed by atoms with Crippen molar-refractivity contribution < 1.29 is 19.0 Å². The van der Waals surface area contributed by atoms with E-state index < -0.39 is 0 Å². The molecule has 3 heterocycles. The molecule has 0 unspecified atom stereocenters. The average molecular weight is 379 g/mol. The molecule has 2 saturated heterocycles. The number of carbonyl (C=O) groups is 2. The lowest BCUT2D eigenvalue weighted by Gasteiger charge is -2.34. The average Bonchev–Trinajstić information content (AvgIpc) is 2.91. The number of hydrogen-bond donors (Lipinski definition) is 0. The van der Waals surface area contributed by atoms with Crippen molar-refractivity contribution in [1.82, 2.24) is 25.0 Å². The molecule has 0 aliphatic carbocycles. The fourth-order valence-corrected chi connectivity index (χ4v) is 3.49. The van der Waals surface area contributed by atoms with Crippen LogP contribution >= 0.6 is 0 Å². The van der Waals surface area contributed by atoms with E-state index in [-0.39, 0.29) is 25.0 Å². The summed E-state index contributed by atoms with van der Waals surface area (Å²) >= 11 is 0. The zero-order chi connectivity index (χ0) is 19.1. The van der Waals surface area contributed by atoms with Gasteiger partial charge in [-0.1, -0.05) is 23.2 Å². The van der Waals surface area contributed by atoms with Crippen LogP contribution in [-0.4, -0.2) is 89.3 Å².